The van der Waals surface area contributed by atoms with Crippen LogP contribution in [0.5, 0.6) is 0 Å². The van der Waals surface area contributed by atoms with Crippen LogP contribution in [0.2, 0.25) is 0 Å². The third-order valence-corrected chi connectivity index (χ3v) is 20.6. The smallest absolute Gasteiger partial charge is 0.331 e. The quantitative estimate of drug-likeness (QED) is 0.201. The minimum absolute atomic E-state index is 0.0772. The van der Waals surface area contributed by atoms with Crippen LogP contribution in [0.4, 0.5) is 0 Å². The van der Waals surface area contributed by atoms with Gasteiger partial charge in [0.15, 0.2) is 0 Å². The number of nitrogens with two attached hydrogens (primary N) is 1. The molecular formula is C53H79NO17S. The average Bonchev–Trinajstić information content (AvgIpc) is 3.51. The molecule has 26 atom stereocenters. The van der Waals surface area contributed by atoms with Crippen LogP contribution in [0.25, 0.3) is 0 Å². The Labute approximate surface area is 425 Å². The SMILES string of the molecule is CC1=CC(=O)OC2CC3OC4CC(C)C5OC6CC7OC8(C)CC=CC9OC%10CC%11OC(CC(CO)CS(=O)CC(N)C(=O)O)CC(O)C%11(C)OC%10CC9OC8CC7(C)OC6(C)CCC5OC4CC3(C)OC12. The minimum atomic E-state index is -1.55. The van der Waals surface area contributed by atoms with Crippen LogP contribution in [-0.2, 0) is 72.5 Å². The number of carboxylic acid groups (broad SMARTS) is 1. The summed E-state index contributed by atoms with van der Waals surface area (Å²) in [7, 11) is -1.55. The zero-order valence-corrected chi connectivity index (χ0v) is 43.7. The molecule has 0 aromatic rings. The number of carbonyl (C=O) groups excluding carboxylic acids is 1. The molecule has 0 saturated carbocycles. The van der Waals surface area contributed by atoms with E-state index in [0.717, 1.165) is 24.8 Å². The Morgan fingerprint density at radius 2 is 1.51 bits per heavy atom. The van der Waals surface area contributed by atoms with Gasteiger partial charge in [-0.25, -0.2) is 4.79 Å². The van der Waals surface area contributed by atoms with E-state index in [1.807, 2.05) is 13.8 Å². The molecule has 0 bridgehead atoms. The summed E-state index contributed by atoms with van der Waals surface area (Å²) < 4.78 is 88.7. The molecule has 19 heteroatoms. The number of rotatable bonds is 8. The van der Waals surface area contributed by atoms with Crippen LogP contribution in [-0.4, -0.2) is 187 Å². The summed E-state index contributed by atoms with van der Waals surface area (Å²) >= 11 is 0. The van der Waals surface area contributed by atoms with Crippen molar-refractivity contribution in [2.45, 2.75) is 263 Å². The Kier molecular flexibility index (Phi) is 13.9. The van der Waals surface area contributed by atoms with Gasteiger partial charge >= 0.3 is 11.9 Å². The highest BCUT2D eigenvalue weighted by molar-refractivity contribution is 7.85. The van der Waals surface area contributed by atoms with Crippen LogP contribution in [0, 0.1) is 11.8 Å². The van der Waals surface area contributed by atoms with E-state index in [4.69, 9.17) is 62.9 Å². The number of carboxylic acids is 1. The van der Waals surface area contributed by atoms with Gasteiger partial charge in [-0.3, -0.25) is 9.00 Å². The molecule has 0 amide bonds. The maximum absolute atomic E-state index is 12.7. The second kappa shape index (κ2) is 19.2. The molecule has 0 aromatic carbocycles. The van der Waals surface area contributed by atoms with Gasteiger partial charge in [0.1, 0.15) is 30.0 Å². The van der Waals surface area contributed by atoms with Crippen molar-refractivity contribution >= 4 is 22.7 Å². The number of carbonyl (C=O) groups is 2. The van der Waals surface area contributed by atoms with Gasteiger partial charge in [0.05, 0.1) is 108 Å². The summed E-state index contributed by atoms with van der Waals surface area (Å²) in [6.45, 7) is 14.4. The van der Waals surface area contributed by atoms with E-state index in [-0.39, 0.29) is 122 Å². The predicted molar refractivity (Wildman–Crippen MR) is 257 cm³/mol. The van der Waals surface area contributed by atoms with Gasteiger partial charge < -0.3 is 73.2 Å². The molecule has 0 radical (unpaired) electrons. The molecule has 11 rings (SSSR count). The van der Waals surface area contributed by atoms with Crippen molar-refractivity contribution in [1.82, 2.24) is 0 Å². The topological polar surface area (TPSA) is 239 Å². The van der Waals surface area contributed by atoms with Gasteiger partial charge in [0.25, 0.3) is 0 Å². The molecule has 11 aliphatic heterocycles. The van der Waals surface area contributed by atoms with Gasteiger partial charge in [-0.15, -0.1) is 0 Å². The van der Waals surface area contributed by atoms with Crippen LogP contribution >= 0.6 is 0 Å². The number of ether oxygens (including phenoxy) is 11. The molecule has 18 nitrogen and oxygen atoms in total. The van der Waals surface area contributed by atoms with Crippen molar-refractivity contribution in [3.05, 3.63) is 23.8 Å². The number of hydrogen-bond acceptors (Lipinski definition) is 17. The Morgan fingerprint density at radius 1 is 0.764 bits per heavy atom. The number of esters is 1. The summed E-state index contributed by atoms with van der Waals surface area (Å²) in [6, 6.07) is -1.25. The van der Waals surface area contributed by atoms with Crippen molar-refractivity contribution in [3.8, 4) is 0 Å². The normalized spacial score (nSPS) is 52.9. The average molecular weight is 1030 g/mol. The first-order valence-corrected chi connectivity index (χ1v) is 28.4. The van der Waals surface area contributed by atoms with E-state index in [2.05, 4.69) is 46.8 Å². The molecule has 0 aromatic heterocycles. The molecule has 404 valence electrons. The second-order valence-electron chi connectivity index (χ2n) is 24.7. The highest BCUT2D eigenvalue weighted by Gasteiger charge is 2.64. The molecule has 11 heterocycles. The van der Waals surface area contributed by atoms with Crippen molar-refractivity contribution in [1.29, 1.82) is 0 Å². The fourth-order valence-corrected chi connectivity index (χ4v) is 16.3. The van der Waals surface area contributed by atoms with E-state index >= 15 is 0 Å². The molecule has 72 heavy (non-hydrogen) atoms. The third kappa shape index (κ3) is 9.44. The van der Waals surface area contributed by atoms with E-state index < -0.39 is 75.0 Å². The fraction of sp³-hybridized carbons (Fsp3) is 0.887. The third-order valence-electron chi connectivity index (χ3n) is 19.1. The molecule has 26 unspecified atom stereocenters. The lowest BCUT2D eigenvalue weighted by molar-refractivity contribution is -0.356. The molecule has 0 spiro atoms. The standard InChI is InChI=1S/C53H79NO17S/c1-26-13-33-38(21-51(5)40(64-33)19-37-47(70-51)27(2)14-45(57)66-37)63-32-10-12-50(4)41(67-46(26)32)20-42-52(6,71-50)22-44-49(3,69-42)11-8-9-31-34(65-44)17-36-35(62-31)18-43-53(7,68-36)39(56)16-29(61-43)15-28(23-55)24-72(60)25-30(54)48(58)59/h8-9,14,26,28-44,46-47,55-56H,10-13,15-25,54H2,1-7H3,(H,58,59). The Balaban J connectivity index is 0.740. The summed E-state index contributed by atoms with van der Waals surface area (Å²) in [6.07, 6.45) is 7.32. The summed E-state index contributed by atoms with van der Waals surface area (Å²) in [5.41, 5.74) is 2.93. The van der Waals surface area contributed by atoms with Crippen molar-refractivity contribution in [3.63, 3.8) is 0 Å². The highest BCUT2D eigenvalue weighted by atomic mass is 32.2. The first-order valence-electron chi connectivity index (χ1n) is 26.9. The maximum atomic E-state index is 12.7. The highest BCUT2D eigenvalue weighted by Crippen LogP contribution is 2.55. The second-order valence-corrected chi connectivity index (χ2v) is 26.3. The Bertz CT molecular complexity index is 2170. The molecule has 9 saturated heterocycles. The number of aliphatic hydroxyl groups is 2. The van der Waals surface area contributed by atoms with Crippen LogP contribution in [0.3, 0.4) is 0 Å². The molecule has 9 fully saturated rings. The van der Waals surface area contributed by atoms with Crippen LogP contribution < -0.4 is 5.73 Å². The fourth-order valence-electron chi connectivity index (χ4n) is 14.8. The zero-order valence-electron chi connectivity index (χ0n) is 42.9. The van der Waals surface area contributed by atoms with Crippen LogP contribution in [0.1, 0.15) is 126 Å². The zero-order chi connectivity index (χ0) is 50.9. The van der Waals surface area contributed by atoms with Gasteiger partial charge in [-0.05, 0) is 91.1 Å². The van der Waals surface area contributed by atoms with Gasteiger partial charge in [-0.1, -0.05) is 19.1 Å². The Hall–Kier alpha value is -1.95. The Morgan fingerprint density at radius 3 is 2.29 bits per heavy atom. The van der Waals surface area contributed by atoms with E-state index in [9.17, 15) is 24.0 Å². The summed E-state index contributed by atoms with van der Waals surface area (Å²) in [5.74, 6) is -1.96. The van der Waals surface area contributed by atoms with Gasteiger partial charge in [-0.2, -0.15) is 0 Å². The largest absolute Gasteiger partial charge is 0.480 e. The van der Waals surface area contributed by atoms with E-state index in [1.165, 1.54) is 6.08 Å². The first kappa shape index (κ1) is 52.1. The number of fused-ring (bicyclic) bond motifs is 10. The minimum Gasteiger partial charge on any atom is -0.480 e. The summed E-state index contributed by atoms with van der Waals surface area (Å²) in [5, 5.41) is 31.0. The lowest BCUT2D eigenvalue weighted by atomic mass is 9.72. The predicted octanol–water partition coefficient (Wildman–Crippen LogP) is 3.49. The monoisotopic (exact) mass is 1030 g/mol. The number of aliphatic hydroxyl groups excluding tert-OH is 2. The van der Waals surface area contributed by atoms with Crippen LogP contribution in [0.15, 0.2) is 23.8 Å². The van der Waals surface area contributed by atoms with Crippen molar-refractivity contribution < 1.29 is 81.2 Å². The summed E-state index contributed by atoms with van der Waals surface area (Å²) in [4.78, 5) is 23.5. The van der Waals surface area contributed by atoms with Crippen molar-refractivity contribution in [2.24, 2.45) is 17.6 Å². The number of aliphatic carboxylic acids is 1. The maximum Gasteiger partial charge on any atom is 0.331 e. The molecular weight excluding hydrogens is 955 g/mol. The molecule has 0 aliphatic carbocycles. The first-order chi connectivity index (χ1) is 34.1. The van der Waals surface area contributed by atoms with Gasteiger partial charge in [0, 0.05) is 79.9 Å². The van der Waals surface area contributed by atoms with E-state index in [0.29, 0.717) is 51.4 Å². The van der Waals surface area contributed by atoms with E-state index in [1.54, 1.807) is 0 Å². The van der Waals surface area contributed by atoms with Crippen molar-refractivity contribution in [2.75, 3.05) is 18.1 Å². The molecule has 5 N–H and O–H groups in total. The lowest BCUT2D eigenvalue weighted by Crippen LogP contribution is -2.70. The lowest BCUT2D eigenvalue weighted by Gasteiger charge is -2.60. The molecule has 11 aliphatic rings. The van der Waals surface area contributed by atoms with Gasteiger partial charge in [0.2, 0.25) is 0 Å². The number of hydrogen-bond donors (Lipinski definition) is 4.